The van der Waals surface area contributed by atoms with E-state index in [1.165, 1.54) is 7.11 Å². The highest BCUT2D eigenvalue weighted by atomic mass is 79.9. The number of benzene rings is 3. The van der Waals surface area contributed by atoms with Gasteiger partial charge in [-0.25, -0.2) is 14.4 Å². The summed E-state index contributed by atoms with van der Waals surface area (Å²) in [6.45, 7) is 6.99. The van der Waals surface area contributed by atoms with Gasteiger partial charge in [-0.05, 0) is 54.6 Å². The Bertz CT molecular complexity index is 1380. The van der Waals surface area contributed by atoms with Gasteiger partial charge < -0.3 is 28.4 Å². The van der Waals surface area contributed by atoms with E-state index in [1.807, 2.05) is 0 Å². The van der Waals surface area contributed by atoms with Crippen molar-refractivity contribution in [2.24, 2.45) is 0 Å². The SMILES string of the molecule is COc1ccc(C(=O)O[C@H](CBr)[C@H]2O[C@H](OCC[Si](C)(C)C)[C@H](OC(=O)c3ccccc3)[C@H]2OC(=O)c2ccccc2)cc1. The fourth-order valence-corrected chi connectivity index (χ4v) is 5.70. The molecule has 0 unspecified atom stereocenters. The highest BCUT2D eigenvalue weighted by molar-refractivity contribution is 9.09. The molecule has 234 valence electrons. The number of carbonyl (C=O) groups excluding carboxylic acids is 3. The normalized spacial score (nSPS) is 20.4. The van der Waals surface area contributed by atoms with E-state index in [1.54, 1.807) is 84.9 Å². The summed E-state index contributed by atoms with van der Waals surface area (Å²) in [6, 6.07) is 24.2. The minimum atomic E-state index is -1.49. The maximum atomic E-state index is 13.3. The second-order valence-electron chi connectivity index (χ2n) is 11.4. The van der Waals surface area contributed by atoms with E-state index in [2.05, 4.69) is 35.6 Å². The van der Waals surface area contributed by atoms with Crippen LogP contribution in [0.1, 0.15) is 31.1 Å². The van der Waals surface area contributed by atoms with Crippen LogP contribution < -0.4 is 4.74 Å². The highest BCUT2D eigenvalue weighted by Crippen LogP contribution is 2.33. The topological polar surface area (TPSA) is 107 Å². The summed E-state index contributed by atoms with van der Waals surface area (Å²) >= 11 is 3.43. The lowest BCUT2D eigenvalue weighted by Gasteiger charge is -2.27. The first-order valence-electron chi connectivity index (χ1n) is 14.3. The molecule has 0 aromatic heterocycles. The molecular formula is C33H37BrO9Si. The Labute approximate surface area is 266 Å². The van der Waals surface area contributed by atoms with Gasteiger partial charge in [0.15, 0.2) is 18.5 Å². The van der Waals surface area contributed by atoms with Crippen molar-refractivity contribution in [3.05, 3.63) is 102 Å². The standard InChI is InChI=1S/C33H37BrO9Si/c1-38-25-17-15-24(16-18-25)30(35)40-26(21-34)27-28(41-31(36)22-11-7-5-8-12-22)29(33(43-27)39-19-20-44(2,3)4)42-32(37)23-13-9-6-10-14-23/h5-18,26-29,33H,19-21H2,1-4H3/t26-,27-,28+,29-,33+/m1/s1. The molecule has 44 heavy (non-hydrogen) atoms. The van der Waals surface area contributed by atoms with Crippen LogP contribution in [-0.4, -0.2) is 75.7 Å². The summed E-state index contributed by atoms with van der Waals surface area (Å²) in [7, 11) is 0.0389. The number of alkyl halides is 1. The fourth-order valence-electron chi connectivity index (χ4n) is 4.47. The summed E-state index contributed by atoms with van der Waals surface area (Å²) in [5.74, 6) is -1.31. The summed E-state index contributed by atoms with van der Waals surface area (Å²) in [5.41, 5.74) is 0.906. The maximum Gasteiger partial charge on any atom is 0.338 e. The van der Waals surface area contributed by atoms with E-state index in [0.717, 1.165) is 6.04 Å². The van der Waals surface area contributed by atoms with Gasteiger partial charge in [0.1, 0.15) is 18.0 Å². The molecule has 0 bridgehead atoms. The molecule has 1 aliphatic heterocycles. The van der Waals surface area contributed by atoms with Gasteiger partial charge in [-0.3, -0.25) is 0 Å². The van der Waals surface area contributed by atoms with Crippen LogP contribution >= 0.6 is 15.9 Å². The Morgan fingerprint density at radius 2 is 1.30 bits per heavy atom. The highest BCUT2D eigenvalue weighted by Gasteiger charge is 2.54. The van der Waals surface area contributed by atoms with Crippen molar-refractivity contribution in [3.8, 4) is 5.75 Å². The molecule has 0 N–H and O–H groups in total. The lowest BCUT2D eigenvalue weighted by molar-refractivity contribution is -0.174. The van der Waals surface area contributed by atoms with Crippen LogP contribution in [0.4, 0.5) is 0 Å². The van der Waals surface area contributed by atoms with Gasteiger partial charge in [0, 0.05) is 20.0 Å². The molecule has 0 saturated carbocycles. The molecule has 1 aliphatic rings. The third-order valence-electron chi connectivity index (χ3n) is 6.95. The van der Waals surface area contributed by atoms with Gasteiger partial charge in [-0.15, -0.1) is 0 Å². The van der Waals surface area contributed by atoms with Crippen molar-refractivity contribution in [2.45, 2.75) is 56.4 Å². The van der Waals surface area contributed by atoms with Crippen molar-refractivity contribution >= 4 is 41.9 Å². The number of esters is 3. The van der Waals surface area contributed by atoms with Crippen LogP contribution in [0, 0.1) is 0 Å². The zero-order valence-corrected chi connectivity index (χ0v) is 27.7. The van der Waals surface area contributed by atoms with Crippen LogP contribution in [0.3, 0.4) is 0 Å². The number of hydrogen-bond acceptors (Lipinski definition) is 9. The second-order valence-corrected chi connectivity index (χ2v) is 17.7. The van der Waals surface area contributed by atoms with Gasteiger partial charge >= 0.3 is 17.9 Å². The van der Waals surface area contributed by atoms with Gasteiger partial charge in [-0.2, -0.15) is 0 Å². The Morgan fingerprint density at radius 3 is 1.80 bits per heavy atom. The Kier molecular flexibility index (Phi) is 11.7. The number of halogens is 1. The van der Waals surface area contributed by atoms with E-state index in [0.29, 0.717) is 29.0 Å². The molecular weight excluding hydrogens is 648 g/mol. The summed E-state index contributed by atoms with van der Waals surface area (Å²) in [4.78, 5) is 39.8. The van der Waals surface area contributed by atoms with Crippen LogP contribution in [0.2, 0.25) is 25.7 Å². The van der Waals surface area contributed by atoms with E-state index < -0.39 is 56.7 Å². The van der Waals surface area contributed by atoms with Crippen molar-refractivity contribution in [1.82, 2.24) is 0 Å². The maximum absolute atomic E-state index is 13.3. The van der Waals surface area contributed by atoms with Crippen LogP contribution in [0.5, 0.6) is 5.75 Å². The average molecular weight is 686 g/mol. The summed E-state index contributed by atoms with van der Waals surface area (Å²) in [5, 5.41) is 0.139. The number of hydrogen-bond donors (Lipinski definition) is 0. The first-order valence-corrected chi connectivity index (χ1v) is 19.1. The Morgan fingerprint density at radius 1 is 0.773 bits per heavy atom. The summed E-state index contributed by atoms with van der Waals surface area (Å²) in [6.07, 6.45) is -5.38. The van der Waals surface area contributed by atoms with Gasteiger partial charge in [0.05, 0.1) is 23.8 Å². The quantitative estimate of drug-likeness (QED) is 0.0907. The molecule has 1 heterocycles. The first kappa shape index (κ1) is 33.4. The minimum Gasteiger partial charge on any atom is -0.497 e. The predicted molar refractivity (Wildman–Crippen MR) is 170 cm³/mol. The first-order chi connectivity index (χ1) is 21.1. The average Bonchev–Trinajstić information content (AvgIpc) is 3.35. The lowest BCUT2D eigenvalue weighted by Crippen LogP contribution is -2.46. The lowest BCUT2D eigenvalue weighted by atomic mass is 10.1. The van der Waals surface area contributed by atoms with E-state index >= 15 is 0 Å². The van der Waals surface area contributed by atoms with Crippen molar-refractivity contribution < 1.29 is 42.8 Å². The Hall–Kier alpha value is -3.51. The van der Waals surface area contributed by atoms with Crippen LogP contribution in [-0.2, 0) is 23.7 Å². The largest absolute Gasteiger partial charge is 0.497 e. The number of rotatable bonds is 13. The second kappa shape index (κ2) is 15.5. The molecule has 0 radical (unpaired) electrons. The van der Waals surface area contributed by atoms with Gasteiger partial charge in [0.2, 0.25) is 0 Å². The minimum absolute atomic E-state index is 0.139. The molecule has 1 fully saturated rings. The number of methoxy groups -OCH3 is 1. The molecule has 5 atom stereocenters. The molecule has 9 nitrogen and oxygen atoms in total. The molecule has 3 aromatic carbocycles. The van der Waals surface area contributed by atoms with Crippen molar-refractivity contribution in [1.29, 1.82) is 0 Å². The molecule has 0 aliphatic carbocycles. The van der Waals surface area contributed by atoms with E-state index in [9.17, 15) is 14.4 Å². The predicted octanol–water partition coefficient (Wildman–Crippen LogP) is 6.15. The third kappa shape index (κ3) is 9.01. The van der Waals surface area contributed by atoms with E-state index in [-0.39, 0.29) is 5.33 Å². The molecule has 3 aromatic rings. The number of ether oxygens (including phenoxy) is 6. The van der Waals surface area contributed by atoms with Crippen LogP contribution in [0.25, 0.3) is 0 Å². The molecule has 11 heteroatoms. The zero-order valence-electron chi connectivity index (χ0n) is 25.1. The zero-order chi connectivity index (χ0) is 31.7. The molecule has 0 spiro atoms. The molecule has 1 saturated heterocycles. The van der Waals surface area contributed by atoms with Crippen LogP contribution in [0.15, 0.2) is 84.9 Å². The smallest absolute Gasteiger partial charge is 0.338 e. The van der Waals surface area contributed by atoms with Crippen molar-refractivity contribution in [3.63, 3.8) is 0 Å². The summed E-state index contributed by atoms with van der Waals surface area (Å²) < 4.78 is 35.5. The fraction of sp³-hybridized carbons (Fsp3) is 0.364. The van der Waals surface area contributed by atoms with Gasteiger partial charge in [-0.1, -0.05) is 72.0 Å². The monoisotopic (exact) mass is 684 g/mol. The Balaban J connectivity index is 1.65. The van der Waals surface area contributed by atoms with Gasteiger partial charge in [0.25, 0.3) is 0 Å². The third-order valence-corrected chi connectivity index (χ3v) is 9.29. The number of carbonyl (C=O) groups is 3. The van der Waals surface area contributed by atoms with E-state index in [4.69, 9.17) is 28.4 Å². The molecule has 0 amide bonds. The molecule has 4 rings (SSSR count). The van der Waals surface area contributed by atoms with Crippen molar-refractivity contribution in [2.75, 3.05) is 19.0 Å².